The quantitative estimate of drug-likeness (QED) is 0.690. The molecule has 0 bridgehead atoms. The highest BCUT2D eigenvalue weighted by Gasteiger charge is 2.41. The Labute approximate surface area is 135 Å². The third-order valence-electron chi connectivity index (χ3n) is 4.30. The summed E-state index contributed by atoms with van der Waals surface area (Å²) < 4.78 is 11.0. The summed E-state index contributed by atoms with van der Waals surface area (Å²) in [5, 5.41) is 12.0. The maximum Gasteiger partial charge on any atom is 0.377 e. The Hall–Kier alpha value is -2.05. The predicted molar refractivity (Wildman–Crippen MR) is 89.3 cm³/mol. The molecule has 1 saturated heterocycles. The zero-order valence-corrected chi connectivity index (χ0v) is 13.3. The lowest BCUT2D eigenvalue weighted by atomic mass is 9.84. The highest BCUT2D eigenvalue weighted by molar-refractivity contribution is 6.45. The number of carbonyl (C=O) groups is 1. The number of methoxy groups -OCH3 is 1. The number of ether oxygens (including phenoxy) is 2. The molecule has 2 aromatic rings. The third kappa shape index (κ3) is 3.18. The van der Waals surface area contributed by atoms with Crippen LogP contribution in [0.5, 0.6) is 5.75 Å². The molecule has 1 aliphatic rings. The number of hydrogen-bond donors (Lipinski definition) is 1. The van der Waals surface area contributed by atoms with Crippen LogP contribution in [0, 0.1) is 0 Å². The SMILES string of the molecule is COC(=O)[C@@H]1C[C@@H](Oc2cccc3ccccc23)CN1B(C)O. The van der Waals surface area contributed by atoms with Crippen LogP contribution < -0.4 is 4.74 Å². The molecule has 6 heteroatoms. The van der Waals surface area contributed by atoms with Gasteiger partial charge in [0.25, 0.3) is 0 Å². The van der Waals surface area contributed by atoms with Gasteiger partial charge in [0.2, 0.25) is 0 Å². The van der Waals surface area contributed by atoms with E-state index in [4.69, 9.17) is 9.47 Å². The van der Waals surface area contributed by atoms with Gasteiger partial charge in [-0.3, -0.25) is 4.79 Å². The van der Waals surface area contributed by atoms with Crippen LogP contribution >= 0.6 is 0 Å². The minimum absolute atomic E-state index is 0.167. The van der Waals surface area contributed by atoms with E-state index >= 15 is 0 Å². The van der Waals surface area contributed by atoms with E-state index in [1.54, 1.807) is 11.6 Å². The van der Waals surface area contributed by atoms with Crippen molar-refractivity contribution < 1.29 is 19.3 Å². The number of fused-ring (bicyclic) bond motifs is 1. The van der Waals surface area contributed by atoms with Gasteiger partial charge in [-0.1, -0.05) is 36.4 Å². The first-order valence-electron chi connectivity index (χ1n) is 7.76. The molecule has 0 radical (unpaired) electrons. The molecule has 0 aromatic heterocycles. The van der Waals surface area contributed by atoms with Crippen molar-refractivity contribution in [1.29, 1.82) is 0 Å². The summed E-state index contributed by atoms with van der Waals surface area (Å²) in [5.74, 6) is 0.457. The lowest BCUT2D eigenvalue weighted by molar-refractivity contribution is -0.144. The summed E-state index contributed by atoms with van der Waals surface area (Å²) in [7, 11) is 0.641. The van der Waals surface area contributed by atoms with Crippen LogP contribution in [0.25, 0.3) is 10.8 Å². The molecule has 2 aromatic carbocycles. The van der Waals surface area contributed by atoms with Gasteiger partial charge >= 0.3 is 13.0 Å². The van der Waals surface area contributed by atoms with Crippen LogP contribution in [0.3, 0.4) is 0 Å². The van der Waals surface area contributed by atoms with Crippen molar-refractivity contribution >= 4 is 23.8 Å². The second kappa shape index (κ2) is 6.60. The molecule has 0 aliphatic carbocycles. The van der Waals surface area contributed by atoms with E-state index in [1.807, 2.05) is 42.5 Å². The van der Waals surface area contributed by atoms with Crippen molar-refractivity contribution in [2.45, 2.75) is 25.4 Å². The van der Waals surface area contributed by atoms with Crippen molar-refractivity contribution in [1.82, 2.24) is 4.81 Å². The molecule has 1 aliphatic heterocycles. The first-order chi connectivity index (χ1) is 11.1. The Bertz CT molecular complexity index is 701. The molecule has 3 rings (SSSR count). The first-order valence-corrected chi connectivity index (χ1v) is 7.76. The summed E-state index contributed by atoms with van der Waals surface area (Å²) >= 11 is 0. The van der Waals surface area contributed by atoms with Gasteiger partial charge in [-0.15, -0.1) is 0 Å². The molecule has 1 heterocycles. The molecule has 23 heavy (non-hydrogen) atoms. The normalized spacial score (nSPS) is 21.3. The average Bonchev–Trinajstić information content (AvgIpc) is 2.99. The largest absolute Gasteiger partial charge is 0.488 e. The third-order valence-corrected chi connectivity index (χ3v) is 4.30. The number of hydrogen-bond acceptors (Lipinski definition) is 5. The zero-order valence-electron chi connectivity index (χ0n) is 13.3. The minimum atomic E-state index is -0.722. The van der Waals surface area contributed by atoms with E-state index in [-0.39, 0.29) is 12.1 Å². The van der Waals surface area contributed by atoms with Crippen molar-refractivity contribution in [3.8, 4) is 5.75 Å². The van der Waals surface area contributed by atoms with Crippen molar-refractivity contribution in [2.24, 2.45) is 0 Å². The van der Waals surface area contributed by atoms with Gasteiger partial charge in [0.05, 0.1) is 7.11 Å². The average molecular weight is 313 g/mol. The lowest BCUT2D eigenvalue weighted by Crippen LogP contribution is -2.45. The number of carbonyl (C=O) groups excluding carboxylic acids is 1. The van der Waals surface area contributed by atoms with E-state index in [9.17, 15) is 9.82 Å². The minimum Gasteiger partial charge on any atom is -0.488 e. The maximum atomic E-state index is 11.9. The summed E-state index contributed by atoms with van der Waals surface area (Å²) in [5.41, 5.74) is 0. The first kappa shape index (κ1) is 15.8. The standard InChI is InChI=1S/C17H20BNO4/c1-18(21)19-11-13(10-15(19)17(20)22-2)23-16-9-5-7-12-6-3-4-8-14(12)16/h3-9,13,15,21H,10-11H2,1-2H3/t13-,15+/m1/s1. The number of benzene rings is 2. The Morgan fingerprint density at radius 2 is 2.00 bits per heavy atom. The molecule has 0 spiro atoms. The van der Waals surface area contributed by atoms with E-state index in [1.165, 1.54) is 7.11 Å². The van der Waals surface area contributed by atoms with Gasteiger partial charge in [0, 0.05) is 18.4 Å². The molecule has 1 fully saturated rings. The fourth-order valence-electron chi connectivity index (χ4n) is 3.17. The van der Waals surface area contributed by atoms with Crippen LogP contribution in [-0.4, -0.2) is 48.7 Å². The molecule has 1 N–H and O–H groups in total. The highest BCUT2D eigenvalue weighted by Crippen LogP contribution is 2.29. The molecule has 2 atom stereocenters. The summed E-state index contributed by atoms with van der Waals surface area (Å²) in [6, 6.07) is 13.5. The molecule has 5 nitrogen and oxygen atoms in total. The molecule has 0 amide bonds. The smallest absolute Gasteiger partial charge is 0.377 e. The topological polar surface area (TPSA) is 59.0 Å². The van der Waals surface area contributed by atoms with E-state index in [0.29, 0.717) is 13.0 Å². The van der Waals surface area contributed by atoms with Crippen LogP contribution in [0.4, 0.5) is 0 Å². The van der Waals surface area contributed by atoms with Gasteiger partial charge < -0.3 is 19.3 Å². The fraction of sp³-hybridized carbons (Fsp3) is 0.353. The molecule has 120 valence electrons. The lowest BCUT2D eigenvalue weighted by Gasteiger charge is -2.22. The van der Waals surface area contributed by atoms with Crippen LogP contribution in [0.1, 0.15) is 6.42 Å². The van der Waals surface area contributed by atoms with Crippen LogP contribution in [0.15, 0.2) is 42.5 Å². The van der Waals surface area contributed by atoms with Crippen LogP contribution in [-0.2, 0) is 9.53 Å². The molecular formula is C17H20BNO4. The second-order valence-electron chi connectivity index (χ2n) is 5.82. The Morgan fingerprint density at radius 1 is 1.26 bits per heavy atom. The van der Waals surface area contributed by atoms with Crippen molar-refractivity contribution in [2.75, 3.05) is 13.7 Å². The summed E-state index contributed by atoms with van der Waals surface area (Å²) in [6.45, 7) is 2.14. The van der Waals surface area contributed by atoms with E-state index in [0.717, 1.165) is 16.5 Å². The zero-order chi connectivity index (χ0) is 16.4. The Kier molecular flexibility index (Phi) is 4.55. The van der Waals surface area contributed by atoms with Gasteiger partial charge in [0.15, 0.2) is 0 Å². The highest BCUT2D eigenvalue weighted by atomic mass is 16.5. The molecule has 0 saturated carbocycles. The number of nitrogens with zero attached hydrogens (tertiary/aromatic N) is 1. The fourth-order valence-corrected chi connectivity index (χ4v) is 3.17. The van der Waals surface area contributed by atoms with Crippen molar-refractivity contribution in [3.63, 3.8) is 0 Å². The van der Waals surface area contributed by atoms with Gasteiger partial charge in [0.1, 0.15) is 17.9 Å². The maximum absolute atomic E-state index is 11.9. The summed E-state index contributed by atoms with van der Waals surface area (Å²) in [4.78, 5) is 13.6. The molecular weight excluding hydrogens is 293 g/mol. The van der Waals surface area contributed by atoms with Gasteiger partial charge in [-0.2, -0.15) is 0 Å². The van der Waals surface area contributed by atoms with Crippen molar-refractivity contribution in [3.05, 3.63) is 42.5 Å². The van der Waals surface area contributed by atoms with Crippen LogP contribution in [0.2, 0.25) is 6.82 Å². The van der Waals surface area contributed by atoms with E-state index < -0.39 is 13.1 Å². The monoisotopic (exact) mass is 313 g/mol. The molecule has 0 unspecified atom stereocenters. The number of esters is 1. The number of rotatable bonds is 4. The van der Waals surface area contributed by atoms with Gasteiger partial charge in [-0.05, 0) is 18.3 Å². The predicted octanol–water partition coefficient (Wildman–Crippen LogP) is 1.94. The Morgan fingerprint density at radius 3 is 2.74 bits per heavy atom. The van der Waals surface area contributed by atoms with E-state index in [2.05, 4.69) is 0 Å². The van der Waals surface area contributed by atoms with Gasteiger partial charge in [-0.25, -0.2) is 0 Å². The second-order valence-corrected chi connectivity index (χ2v) is 5.82. The Balaban J connectivity index is 1.81. The summed E-state index contributed by atoms with van der Waals surface area (Å²) in [6.07, 6.45) is 0.334.